The van der Waals surface area contributed by atoms with Crippen LogP contribution >= 0.6 is 0 Å². The van der Waals surface area contributed by atoms with Crippen LogP contribution in [0.4, 0.5) is 10.5 Å². The van der Waals surface area contributed by atoms with Gasteiger partial charge in [-0.05, 0) is 104 Å². The molecule has 0 bridgehead atoms. The van der Waals surface area contributed by atoms with Crippen LogP contribution in [0.3, 0.4) is 0 Å². The summed E-state index contributed by atoms with van der Waals surface area (Å²) in [4.78, 5) is 52.0. The number of anilines is 1. The number of fused-ring (bicyclic) bond motifs is 1. The molecule has 0 aliphatic heterocycles. The fourth-order valence-electron chi connectivity index (χ4n) is 5.55. The van der Waals surface area contributed by atoms with Gasteiger partial charge in [0.1, 0.15) is 23.7 Å². The zero-order valence-corrected chi connectivity index (χ0v) is 29.7. The van der Waals surface area contributed by atoms with E-state index in [-0.39, 0.29) is 23.3 Å². The topological polar surface area (TPSA) is 161 Å². The summed E-state index contributed by atoms with van der Waals surface area (Å²) < 4.78 is 34.7. The molecule has 13 heteroatoms. The molecular formula is C39H38N2O11. The third-order valence-corrected chi connectivity index (χ3v) is 7.86. The molecule has 0 radical (unpaired) electrons. The van der Waals surface area contributed by atoms with E-state index in [1.807, 2.05) is 0 Å². The first-order valence-corrected chi connectivity index (χ1v) is 16.0. The number of carboxylic acid groups (broad SMARTS) is 1. The largest absolute Gasteiger partial charge is 0.493 e. The average Bonchev–Trinajstić information content (AvgIpc) is 3.12. The molecule has 5 rings (SSSR count). The van der Waals surface area contributed by atoms with Gasteiger partial charge in [0.15, 0.2) is 11.5 Å². The predicted molar refractivity (Wildman–Crippen MR) is 194 cm³/mol. The van der Waals surface area contributed by atoms with Gasteiger partial charge in [-0.2, -0.15) is 0 Å². The smallest absolute Gasteiger partial charge is 0.412 e. The van der Waals surface area contributed by atoms with Crippen LogP contribution in [0.25, 0.3) is 27.6 Å². The second kappa shape index (κ2) is 15.2. The Labute approximate surface area is 299 Å². The molecule has 1 aromatic heterocycles. The minimum Gasteiger partial charge on any atom is -0.493 e. The molecule has 2 N–H and O–H groups in total. The van der Waals surface area contributed by atoms with E-state index in [0.29, 0.717) is 56.4 Å². The maximum atomic E-state index is 14.5. The first-order valence-electron chi connectivity index (χ1n) is 16.0. The van der Waals surface area contributed by atoms with Gasteiger partial charge >= 0.3 is 18.0 Å². The first kappa shape index (κ1) is 36.8. The van der Waals surface area contributed by atoms with Crippen molar-refractivity contribution in [1.82, 2.24) is 4.57 Å². The van der Waals surface area contributed by atoms with Crippen LogP contribution in [-0.4, -0.2) is 61.7 Å². The molecule has 0 unspecified atom stereocenters. The summed E-state index contributed by atoms with van der Waals surface area (Å²) in [7, 11) is 5.62. The molecule has 0 fully saturated rings. The number of carbonyl (C=O) groups is 3. The highest BCUT2D eigenvalue weighted by atomic mass is 16.6. The normalized spacial score (nSPS) is 11.1. The van der Waals surface area contributed by atoms with Gasteiger partial charge in [-0.3, -0.25) is 14.7 Å². The van der Waals surface area contributed by atoms with Crippen molar-refractivity contribution in [2.24, 2.45) is 0 Å². The minimum absolute atomic E-state index is 0.0886. The molecule has 0 saturated heterocycles. The standard InChI is InChI=1S/C39H38N2O11/c1-39(2,3)52-38(46)40-25-12-14-26(15-13-25)41-33(37(45)50-7)32(24-18-30(47-4)34(49-6)31(19-24)48-5)28-17-16-27(20-29(28)35(41)42)51-21-22-8-10-23(11-9-22)36(43)44/h8-20H,21H2,1-7H3,(H,40,46)(H,43,44). The van der Waals surface area contributed by atoms with E-state index < -0.39 is 29.2 Å². The number of methoxy groups -OCH3 is 4. The molecule has 270 valence electrons. The molecule has 0 aliphatic carbocycles. The number of rotatable bonds is 11. The summed E-state index contributed by atoms with van der Waals surface area (Å²) in [5.74, 6) is -0.552. The Morgan fingerprint density at radius 2 is 1.42 bits per heavy atom. The average molecular weight is 711 g/mol. The van der Waals surface area contributed by atoms with E-state index >= 15 is 0 Å². The zero-order valence-electron chi connectivity index (χ0n) is 29.7. The van der Waals surface area contributed by atoms with E-state index in [1.165, 1.54) is 45.1 Å². The van der Waals surface area contributed by atoms with Crippen molar-refractivity contribution in [3.8, 4) is 39.8 Å². The van der Waals surface area contributed by atoms with Crippen LogP contribution in [-0.2, 0) is 16.1 Å². The highest BCUT2D eigenvalue weighted by molar-refractivity contribution is 6.08. The van der Waals surface area contributed by atoms with E-state index in [9.17, 15) is 24.3 Å². The highest BCUT2D eigenvalue weighted by Gasteiger charge is 2.27. The van der Waals surface area contributed by atoms with Crippen molar-refractivity contribution in [3.05, 3.63) is 106 Å². The lowest BCUT2D eigenvalue weighted by Gasteiger charge is -2.21. The van der Waals surface area contributed by atoms with Crippen molar-refractivity contribution < 1.29 is 47.9 Å². The molecule has 52 heavy (non-hydrogen) atoms. The van der Waals surface area contributed by atoms with E-state index in [1.54, 1.807) is 87.5 Å². The van der Waals surface area contributed by atoms with Gasteiger partial charge in [0.05, 0.1) is 39.4 Å². The number of amides is 1. The van der Waals surface area contributed by atoms with Gasteiger partial charge in [-0.15, -0.1) is 0 Å². The first-order chi connectivity index (χ1) is 24.8. The fraction of sp³-hybridized carbons (Fsp3) is 0.231. The Kier molecular flexibility index (Phi) is 10.7. The van der Waals surface area contributed by atoms with Crippen LogP contribution in [0.15, 0.2) is 83.7 Å². The maximum absolute atomic E-state index is 14.5. The van der Waals surface area contributed by atoms with Gasteiger partial charge < -0.3 is 33.5 Å². The molecule has 4 aromatic carbocycles. The summed E-state index contributed by atoms with van der Waals surface area (Å²) in [6, 6.07) is 20.8. The molecular weight excluding hydrogens is 672 g/mol. The number of carboxylic acids is 1. The number of nitrogens with one attached hydrogen (secondary N) is 1. The maximum Gasteiger partial charge on any atom is 0.412 e. The number of aromatic carboxylic acids is 1. The summed E-state index contributed by atoms with van der Waals surface area (Å²) in [6.45, 7) is 5.33. The van der Waals surface area contributed by atoms with Crippen LogP contribution < -0.4 is 29.8 Å². The van der Waals surface area contributed by atoms with Crippen LogP contribution in [0.5, 0.6) is 23.0 Å². The third kappa shape index (κ3) is 7.78. The molecule has 0 saturated carbocycles. The zero-order chi connectivity index (χ0) is 37.7. The molecule has 0 spiro atoms. The van der Waals surface area contributed by atoms with Crippen molar-refractivity contribution >= 4 is 34.5 Å². The van der Waals surface area contributed by atoms with Crippen molar-refractivity contribution in [3.63, 3.8) is 0 Å². The van der Waals surface area contributed by atoms with Gasteiger partial charge in [-0.25, -0.2) is 14.4 Å². The number of hydrogen-bond acceptors (Lipinski definition) is 10. The summed E-state index contributed by atoms with van der Waals surface area (Å²) in [6.07, 6.45) is -0.659. The number of nitrogens with zero attached hydrogens (tertiary/aromatic N) is 1. The Bertz CT molecular complexity index is 2180. The molecule has 5 aromatic rings. The molecule has 13 nitrogen and oxygen atoms in total. The Hall–Kier alpha value is -6.50. The summed E-state index contributed by atoms with van der Waals surface area (Å²) in [5.41, 5.74) is 0.950. The number of pyridine rings is 1. The second-order valence-corrected chi connectivity index (χ2v) is 12.4. The number of ether oxygens (including phenoxy) is 6. The third-order valence-electron chi connectivity index (χ3n) is 7.86. The predicted octanol–water partition coefficient (Wildman–Crippen LogP) is 7.09. The lowest BCUT2D eigenvalue weighted by molar-refractivity contribution is 0.0589. The Morgan fingerprint density at radius 1 is 0.788 bits per heavy atom. The number of esters is 1. The summed E-state index contributed by atoms with van der Waals surface area (Å²) >= 11 is 0. The van der Waals surface area contributed by atoms with Gasteiger partial charge in [0, 0.05) is 16.9 Å². The SMILES string of the molecule is COC(=O)c1c(-c2cc(OC)c(OC)c(OC)c2)c2ccc(OCc3ccc(C(=O)O)cc3)cc2c(=O)n1-c1ccc(NC(=O)OC(C)(C)C)cc1. The monoisotopic (exact) mass is 710 g/mol. The lowest BCUT2D eigenvalue weighted by atomic mass is 9.95. The molecule has 0 atom stereocenters. The molecule has 1 amide bonds. The van der Waals surface area contributed by atoms with Crippen molar-refractivity contribution in [2.75, 3.05) is 33.8 Å². The number of aromatic nitrogens is 1. The van der Waals surface area contributed by atoms with Crippen molar-refractivity contribution in [2.45, 2.75) is 33.0 Å². The molecule has 1 heterocycles. The second-order valence-electron chi connectivity index (χ2n) is 12.4. The minimum atomic E-state index is -1.04. The Balaban J connectivity index is 1.73. The van der Waals surface area contributed by atoms with E-state index in [0.717, 1.165) is 0 Å². The van der Waals surface area contributed by atoms with Crippen LogP contribution in [0.2, 0.25) is 0 Å². The molecule has 0 aliphatic rings. The quantitative estimate of drug-likeness (QED) is 0.135. The van der Waals surface area contributed by atoms with E-state index in [4.69, 9.17) is 28.4 Å². The van der Waals surface area contributed by atoms with Crippen LogP contribution in [0, 0.1) is 0 Å². The lowest BCUT2D eigenvalue weighted by Crippen LogP contribution is -2.27. The van der Waals surface area contributed by atoms with Crippen LogP contribution in [0.1, 0.15) is 47.2 Å². The number of benzene rings is 4. The van der Waals surface area contributed by atoms with E-state index in [2.05, 4.69) is 5.32 Å². The number of hydrogen-bond donors (Lipinski definition) is 2. The highest BCUT2D eigenvalue weighted by Crippen LogP contribution is 2.44. The summed E-state index contributed by atoms with van der Waals surface area (Å²) in [5, 5.41) is 12.5. The van der Waals surface area contributed by atoms with Gasteiger partial charge in [-0.1, -0.05) is 12.1 Å². The fourth-order valence-corrected chi connectivity index (χ4v) is 5.55. The van der Waals surface area contributed by atoms with Gasteiger partial charge in [0.25, 0.3) is 5.56 Å². The number of carbonyl (C=O) groups excluding carboxylic acids is 2. The van der Waals surface area contributed by atoms with Gasteiger partial charge in [0.2, 0.25) is 5.75 Å². The van der Waals surface area contributed by atoms with Crippen molar-refractivity contribution in [1.29, 1.82) is 0 Å². The Morgan fingerprint density at radius 3 is 1.96 bits per heavy atom.